The van der Waals surface area contributed by atoms with Crippen LogP contribution in [0.2, 0.25) is 0 Å². The summed E-state index contributed by atoms with van der Waals surface area (Å²) in [6.45, 7) is -0.0196. The Balaban J connectivity index is 1.90. The molecule has 2 rings (SSSR count). The van der Waals surface area contributed by atoms with Crippen molar-refractivity contribution in [3.05, 3.63) is 18.3 Å². The van der Waals surface area contributed by atoms with Crippen LogP contribution in [0.5, 0.6) is 5.88 Å². The van der Waals surface area contributed by atoms with Gasteiger partial charge in [0.1, 0.15) is 0 Å². The molecule has 1 aromatic rings. The molecule has 0 aromatic carbocycles. The highest BCUT2D eigenvalue weighted by Crippen LogP contribution is 2.48. The average molecular weight is 200 g/mol. The normalized spacial score (nSPS) is 23.1. The Hall–Kier alpha value is -1.39. The van der Waals surface area contributed by atoms with Crippen molar-refractivity contribution >= 4 is 5.69 Å². The van der Waals surface area contributed by atoms with Crippen LogP contribution < -0.4 is 10.5 Å². The Bertz CT molecular complexity index is 343. The molecule has 1 aliphatic rings. The highest BCUT2D eigenvalue weighted by atomic mass is 19.3. The highest BCUT2D eigenvalue weighted by molar-refractivity contribution is 5.46. The zero-order valence-electron chi connectivity index (χ0n) is 7.41. The third kappa shape index (κ3) is 1.76. The number of anilines is 1. The number of alkyl halides is 2. The van der Waals surface area contributed by atoms with Gasteiger partial charge in [0.05, 0.1) is 18.2 Å². The van der Waals surface area contributed by atoms with Crippen LogP contribution in [0.4, 0.5) is 14.5 Å². The molecule has 76 valence electrons. The van der Waals surface area contributed by atoms with E-state index in [1.807, 2.05) is 0 Å². The number of nitrogen functional groups attached to an aromatic ring is 1. The molecule has 2 N–H and O–H groups in total. The SMILES string of the molecule is Nc1cccnc1OC[C@H]1CC1(F)F. The van der Waals surface area contributed by atoms with Gasteiger partial charge in [-0.3, -0.25) is 0 Å². The van der Waals surface area contributed by atoms with Gasteiger partial charge in [-0.25, -0.2) is 13.8 Å². The van der Waals surface area contributed by atoms with E-state index in [9.17, 15) is 8.78 Å². The summed E-state index contributed by atoms with van der Waals surface area (Å²) < 4.78 is 30.0. The first-order chi connectivity index (χ1) is 6.59. The molecule has 14 heavy (non-hydrogen) atoms. The number of nitrogens with zero attached hydrogens (tertiary/aromatic N) is 1. The fourth-order valence-electron chi connectivity index (χ4n) is 1.15. The minimum absolute atomic E-state index is 0.0196. The summed E-state index contributed by atoms with van der Waals surface area (Å²) in [5, 5.41) is 0. The zero-order valence-corrected chi connectivity index (χ0v) is 7.41. The van der Waals surface area contributed by atoms with E-state index in [0.717, 1.165) is 0 Å². The first-order valence-electron chi connectivity index (χ1n) is 4.31. The summed E-state index contributed by atoms with van der Waals surface area (Å²) in [7, 11) is 0. The van der Waals surface area contributed by atoms with Crippen molar-refractivity contribution < 1.29 is 13.5 Å². The van der Waals surface area contributed by atoms with Crippen LogP contribution in [-0.2, 0) is 0 Å². The Kier molecular flexibility index (Phi) is 2.02. The van der Waals surface area contributed by atoms with E-state index in [2.05, 4.69) is 4.98 Å². The van der Waals surface area contributed by atoms with Gasteiger partial charge in [-0.05, 0) is 12.1 Å². The molecule has 0 unspecified atom stereocenters. The van der Waals surface area contributed by atoms with Gasteiger partial charge in [-0.2, -0.15) is 0 Å². The van der Waals surface area contributed by atoms with E-state index >= 15 is 0 Å². The Morgan fingerprint density at radius 2 is 2.36 bits per heavy atom. The summed E-state index contributed by atoms with van der Waals surface area (Å²) in [4.78, 5) is 3.83. The van der Waals surface area contributed by atoms with E-state index in [1.54, 1.807) is 12.1 Å². The Morgan fingerprint density at radius 3 is 2.93 bits per heavy atom. The predicted octanol–water partition coefficient (Wildman–Crippen LogP) is 1.70. The molecule has 3 nitrogen and oxygen atoms in total. The summed E-state index contributed by atoms with van der Waals surface area (Å²) in [6, 6.07) is 3.28. The number of ether oxygens (including phenoxy) is 1. The highest BCUT2D eigenvalue weighted by Gasteiger charge is 2.57. The minimum atomic E-state index is -2.55. The van der Waals surface area contributed by atoms with Crippen LogP contribution >= 0.6 is 0 Å². The van der Waals surface area contributed by atoms with Crippen LogP contribution in [0, 0.1) is 5.92 Å². The quantitative estimate of drug-likeness (QED) is 0.807. The molecule has 0 bridgehead atoms. The van der Waals surface area contributed by atoms with Gasteiger partial charge in [0.25, 0.3) is 5.92 Å². The van der Waals surface area contributed by atoms with Crippen molar-refractivity contribution in [2.45, 2.75) is 12.3 Å². The number of hydrogen-bond donors (Lipinski definition) is 1. The van der Waals surface area contributed by atoms with Gasteiger partial charge in [-0.1, -0.05) is 0 Å². The lowest BCUT2D eigenvalue weighted by Crippen LogP contribution is -2.07. The molecular weight excluding hydrogens is 190 g/mol. The molecule has 1 fully saturated rings. The van der Waals surface area contributed by atoms with E-state index in [4.69, 9.17) is 10.5 Å². The molecule has 1 aromatic heterocycles. The van der Waals surface area contributed by atoms with Gasteiger partial charge in [0, 0.05) is 12.6 Å². The number of rotatable bonds is 3. The van der Waals surface area contributed by atoms with Crippen LogP contribution in [0.15, 0.2) is 18.3 Å². The van der Waals surface area contributed by atoms with Crippen LogP contribution in [0.1, 0.15) is 6.42 Å². The van der Waals surface area contributed by atoms with E-state index in [0.29, 0.717) is 5.69 Å². The van der Waals surface area contributed by atoms with E-state index in [-0.39, 0.29) is 18.9 Å². The average Bonchev–Trinajstić information content (AvgIpc) is 2.73. The fraction of sp³-hybridized carbons (Fsp3) is 0.444. The number of hydrogen-bond acceptors (Lipinski definition) is 3. The molecule has 0 saturated heterocycles. The number of halogens is 2. The summed E-state index contributed by atoms with van der Waals surface area (Å²) in [5.41, 5.74) is 5.89. The van der Waals surface area contributed by atoms with Crippen molar-refractivity contribution in [1.82, 2.24) is 4.98 Å². The number of pyridine rings is 1. The molecule has 0 spiro atoms. The number of aromatic nitrogens is 1. The van der Waals surface area contributed by atoms with Crippen molar-refractivity contribution in [3.63, 3.8) is 0 Å². The van der Waals surface area contributed by atoms with E-state index < -0.39 is 11.8 Å². The lowest BCUT2D eigenvalue weighted by molar-refractivity contribution is 0.0851. The van der Waals surface area contributed by atoms with Gasteiger partial charge >= 0.3 is 0 Å². The third-order valence-electron chi connectivity index (χ3n) is 2.18. The largest absolute Gasteiger partial charge is 0.476 e. The maximum Gasteiger partial charge on any atom is 0.255 e. The van der Waals surface area contributed by atoms with Crippen LogP contribution in [-0.4, -0.2) is 17.5 Å². The zero-order chi connectivity index (χ0) is 10.2. The van der Waals surface area contributed by atoms with Crippen LogP contribution in [0.3, 0.4) is 0 Å². The molecule has 1 saturated carbocycles. The smallest absolute Gasteiger partial charge is 0.255 e. The standard InChI is InChI=1S/C9H10F2N2O/c10-9(11)4-6(9)5-14-8-7(12)2-1-3-13-8/h1-3,6H,4-5,12H2/t6-/m1/s1. The predicted molar refractivity (Wildman–Crippen MR) is 47.2 cm³/mol. The van der Waals surface area contributed by atoms with Gasteiger partial charge in [0.15, 0.2) is 0 Å². The maximum atomic E-state index is 12.5. The fourth-order valence-corrected chi connectivity index (χ4v) is 1.15. The molecule has 1 atom stereocenters. The molecular formula is C9H10F2N2O. The maximum absolute atomic E-state index is 12.5. The van der Waals surface area contributed by atoms with Crippen molar-refractivity contribution in [2.24, 2.45) is 5.92 Å². The molecule has 0 aliphatic heterocycles. The lowest BCUT2D eigenvalue weighted by Gasteiger charge is -2.05. The molecule has 1 heterocycles. The second kappa shape index (κ2) is 3.08. The van der Waals surface area contributed by atoms with Gasteiger partial charge < -0.3 is 10.5 Å². The lowest BCUT2D eigenvalue weighted by atomic mass is 10.4. The minimum Gasteiger partial charge on any atom is -0.476 e. The Labute approximate surface area is 79.9 Å². The summed E-state index contributed by atoms with van der Waals surface area (Å²) in [5.74, 6) is -3.00. The second-order valence-corrected chi connectivity index (χ2v) is 3.37. The van der Waals surface area contributed by atoms with Crippen molar-refractivity contribution in [3.8, 4) is 5.88 Å². The second-order valence-electron chi connectivity index (χ2n) is 3.37. The Morgan fingerprint density at radius 1 is 1.64 bits per heavy atom. The summed E-state index contributed by atoms with van der Waals surface area (Å²) >= 11 is 0. The van der Waals surface area contributed by atoms with Crippen LogP contribution in [0.25, 0.3) is 0 Å². The summed E-state index contributed by atoms with van der Waals surface area (Å²) in [6.07, 6.45) is 1.41. The molecule has 0 amide bonds. The first kappa shape index (κ1) is 9.18. The molecule has 0 radical (unpaired) electrons. The van der Waals surface area contributed by atoms with E-state index in [1.165, 1.54) is 6.20 Å². The molecule has 1 aliphatic carbocycles. The van der Waals surface area contributed by atoms with Crippen molar-refractivity contribution in [1.29, 1.82) is 0 Å². The topological polar surface area (TPSA) is 48.1 Å². The number of nitrogens with two attached hydrogens (primary N) is 1. The first-order valence-corrected chi connectivity index (χ1v) is 4.31. The van der Waals surface area contributed by atoms with Gasteiger partial charge in [0.2, 0.25) is 5.88 Å². The van der Waals surface area contributed by atoms with Crippen molar-refractivity contribution in [2.75, 3.05) is 12.3 Å². The van der Waals surface area contributed by atoms with Gasteiger partial charge in [-0.15, -0.1) is 0 Å². The molecule has 5 heteroatoms. The third-order valence-corrected chi connectivity index (χ3v) is 2.18. The monoisotopic (exact) mass is 200 g/mol.